The molecule has 4 nitrogen and oxygen atoms in total. The van der Waals surface area contributed by atoms with Crippen molar-refractivity contribution in [3.05, 3.63) is 59.8 Å². The zero-order valence-electron chi connectivity index (χ0n) is 15.0. The first-order valence-electron chi connectivity index (χ1n) is 8.40. The van der Waals surface area contributed by atoms with Crippen molar-refractivity contribution in [2.75, 3.05) is 16.3 Å². The van der Waals surface area contributed by atoms with Crippen LogP contribution in [-0.2, 0) is 12.4 Å². The molecule has 0 amide bonds. The third-order valence-electron chi connectivity index (χ3n) is 4.51. The van der Waals surface area contributed by atoms with E-state index in [1.807, 2.05) is 0 Å². The lowest BCUT2D eigenvalue weighted by atomic mass is 10.1. The summed E-state index contributed by atoms with van der Waals surface area (Å²) in [5.74, 6) is -1.18. The van der Waals surface area contributed by atoms with Crippen LogP contribution in [-0.4, -0.2) is 22.9 Å². The molecule has 0 spiro atoms. The summed E-state index contributed by atoms with van der Waals surface area (Å²) < 4.78 is 78.4. The second-order valence-corrected chi connectivity index (χ2v) is 6.55. The van der Waals surface area contributed by atoms with Gasteiger partial charge < -0.3 is 20.0 Å². The highest BCUT2D eigenvalue weighted by molar-refractivity contribution is 5.62. The van der Waals surface area contributed by atoms with E-state index in [4.69, 9.17) is 0 Å². The SMILES string of the molecule is CC1N(c2cc(O)cc(C(F)(F)F)c2)C=CCN1c1cc(O)cc(C(F)(F)F)c1. The van der Waals surface area contributed by atoms with Crippen LogP contribution in [0.2, 0.25) is 0 Å². The number of hydrogen-bond acceptors (Lipinski definition) is 4. The van der Waals surface area contributed by atoms with Crippen LogP contribution in [0.25, 0.3) is 0 Å². The van der Waals surface area contributed by atoms with E-state index in [0.29, 0.717) is 12.1 Å². The standard InChI is InChI=1S/C19H16F6N2O2/c1-11-26(14-5-12(18(20,21)22)7-16(28)9-14)3-2-4-27(11)15-6-13(19(23,24)25)8-17(29)10-15/h2-3,5-11,28-29H,4H2,1H3. The fourth-order valence-electron chi connectivity index (χ4n) is 3.16. The Kier molecular flexibility index (Phi) is 5.06. The van der Waals surface area contributed by atoms with Gasteiger partial charge in [-0.15, -0.1) is 0 Å². The van der Waals surface area contributed by atoms with E-state index in [0.717, 1.165) is 24.3 Å². The van der Waals surface area contributed by atoms with Crippen LogP contribution in [0, 0.1) is 0 Å². The van der Waals surface area contributed by atoms with Gasteiger partial charge in [-0.05, 0) is 37.3 Å². The van der Waals surface area contributed by atoms with Crippen LogP contribution >= 0.6 is 0 Å². The van der Waals surface area contributed by atoms with Gasteiger partial charge in [-0.3, -0.25) is 0 Å². The maximum atomic E-state index is 13.1. The minimum atomic E-state index is -4.68. The summed E-state index contributed by atoms with van der Waals surface area (Å²) in [5.41, 5.74) is -2.03. The summed E-state index contributed by atoms with van der Waals surface area (Å²) in [5, 5.41) is 19.4. The number of anilines is 2. The van der Waals surface area contributed by atoms with Gasteiger partial charge in [0.15, 0.2) is 0 Å². The Morgan fingerprint density at radius 1 is 0.793 bits per heavy atom. The predicted octanol–water partition coefficient (Wildman–Crippen LogP) is 5.32. The summed E-state index contributed by atoms with van der Waals surface area (Å²) in [4.78, 5) is 2.86. The topological polar surface area (TPSA) is 46.9 Å². The van der Waals surface area contributed by atoms with Gasteiger partial charge in [-0.1, -0.05) is 0 Å². The minimum Gasteiger partial charge on any atom is -0.508 e. The van der Waals surface area contributed by atoms with Crippen molar-refractivity contribution in [3.63, 3.8) is 0 Å². The summed E-state index contributed by atoms with van der Waals surface area (Å²) in [6.45, 7) is 1.75. The van der Waals surface area contributed by atoms with Gasteiger partial charge in [0.2, 0.25) is 0 Å². The number of aromatic hydroxyl groups is 2. The number of benzene rings is 2. The second-order valence-electron chi connectivity index (χ2n) is 6.55. The molecule has 0 aliphatic carbocycles. The number of nitrogens with zero attached hydrogens (tertiary/aromatic N) is 2. The van der Waals surface area contributed by atoms with E-state index in [1.165, 1.54) is 16.0 Å². The molecule has 156 valence electrons. The molecule has 0 aromatic heterocycles. The fourth-order valence-corrected chi connectivity index (χ4v) is 3.16. The van der Waals surface area contributed by atoms with Crippen LogP contribution < -0.4 is 9.80 Å². The van der Waals surface area contributed by atoms with Crippen molar-refractivity contribution in [3.8, 4) is 11.5 Å². The first-order chi connectivity index (χ1) is 13.4. The molecule has 1 unspecified atom stereocenters. The van der Waals surface area contributed by atoms with Gasteiger partial charge in [0.25, 0.3) is 0 Å². The lowest BCUT2D eigenvalue weighted by molar-refractivity contribution is -0.138. The van der Waals surface area contributed by atoms with Crippen LogP contribution in [0.5, 0.6) is 11.5 Å². The maximum Gasteiger partial charge on any atom is 0.416 e. The number of alkyl halides is 6. The van der Waals surface area contributed by atoms with E-state index < -0.39 is 41.1 Å². The molecule has 1 heterocycles. The van der Waals surface area contributed by atoms with Crippen LogP contribution in [0.3, 0.4) is 0 Å². The number of hydrogen-bond donors (Lipinski definition) is 2. The highest BCUT2D eigenvalue weighted by Gasteiger charge is 2.34. The molecule has 0 radical (unpaired) electrons. The maximum absolute atomic E-state index is 13.1. The van der Waals surface area contributed by atoms with E-state index in [9.17, 15) is 36.6 Å². The Bertz CT molecular complexity index is 939. The Morgan fingerprint density at radius 2 is 1.28 bits per heavy atom. The highest BCUT2D eigenvalue weighted by Crippen LogP contribution is 2.38. The lowest BCUT2D eigenvalue weighted by Gasteiger charge is -2.41. The predicted molar refractivity (Wildman–Crippen MR) is 94.6 cm³/mol. The molecule has 0 saturated carbocycles. The second kappa shape index (κ2) is 7.09. The minimum absolute atomic E-state index is 0.0157. The van der Waals surface area contributed by atoms with Gasteiger partial charge >= 0.3 is 12.4 Å². The summed E-state index contributed by atoms with van der Waals surface area (Å²) in [7, 11) is 0. The zero-order chi connectivity index (χ0) is 21.6. The average Bonchev–Trinajstić information content (AvgIpc) is 2.59. The quantitative estimate of drug-likeness (QED) is 0.648. The third-order valence-corrected chi connectivity index (χ3v) is 4.51. The van der Waals surface area contributed by atoms with Crippen molar-refractivity contribution in [2.45, 2.75) is 25.4 Å². The molecule has 29 heavy (non-hydrogen) atoms. The Morgan fingerprint density at radius 3 is 1.79 bits per heavy atom. The van der Waals surface area contributed by atoms with E-state index >= 15 is 0 Å². The molecule has 0 fully saturated rings. The van der Waals surface area contributed by atoms with Gasteiger partial charge in [0, 0.05) is 36.3 Å². The van der Waals surface area contributed by atoms with E-state index in [-0.39, 0.29) is 17.9 Å². The van der Waals surface area contributed by atoms with Crippen molar-refractivity contribution in [1.82, 2.24) is 0 Å². The number of phenols is 2. The lowest BCUT2D eigenvalue weighted by Crippen LogP contribution is -2.47. The number of phenolic OH excluding ortho intramolecular Hbond substituents is 2. The van der Waals surface area contributed by atoms with Crippen LogP contribution in [0.15, 0.2) is 48.7 Å². The molecule has 3 rings (SSSR count). The molecule has 0 bridgehead atoms. The van der Waals surface area contributed by atoms with Crippen molar-refractivity contribution in [2.24, 2.45) is 0 Å². The summed E-state index contributed by atoms with van der Waals surface area (Å²) in [6, 6.07) is 5.15. The van der Waals surface area contributed by atoms with Crippen molar-refractivity contribution < 1.29 is 36.6 Å². The van der Waals surface area contributed by atoms with E-state index in [2.05, 4.69) is 0 Å². The highest BCUT2D eigenvalue weighted by atomic mass is 19.4. The van der Waals surface area contributed by atoms with Crippen LogP contribution in [0.1, 0.15) is 18.1 Å². The third kappa shape index (κ3) is 4.36. The molecule has 1 atom stereocenters. The first-order valence-corrected chi connectivity index (χ1v) is 8.40. The van der Waals surface area contributed by atoms with Crippen molar-refractivity contribution in [1.29, 1.82) is 0 Å². The van der Waals surface area contributed by atoms with Gasteiger partial charge in [0.1, 0.15) is 17.7 Å². The van der Waals surface area contributed by atoms with Crippen molar-refractivity contribution >= 4 is 11.4 Å². The molecular weight excluding hydrogens is 402 g/mol. The molecule has 2 aromatic rings. The number of rotatable bonds is 2. The molecule has 2 N–H and O–H groups in total. The molecule has 10 heteroatoms. The van der Waals surface area contributed by atoms with Gasteiger partial charge in [0.05, 0.1) is 11.1 Å². The molecular formula is C19H16F6N2O2. The Hall–Kier alpha value is -3.04. The average molecular weight is 418 g/mol. The molecule has 1 aliphatic heterocycles. The van der Waals surface area contributed by atoms with Gasteiger partial charge in [-0.25, -0.2) is 0 Å². The number of halogens is 6. The van der Waals surface area contributed by atoms with Crippen LogP contribution in [0.4, 0.5) is 37.7 Å². The zero-order valence-corrected chi connectivity index (χ0v) is 15.0. The molecule has 1 aliphatic rings. The smallest absolute Gasteiger partial charge is 0.416 e. The summed E-state index contributed by atoms with van der Waals surface area (Å²) in [6.07, 6.45) is -7.01. The van der Waals surface area contributed by atoms with Gasteiger partial charge in [-0.2, -0.15) is 26.3 Å². The fraction of sp³-hybridized carbons (Fsp3) is 0.263. The monoisotopic (exact) mass is 418 g/mol. The molecule has 2 aromatic carbocycles. The first kappa shape index (κ1) is 20.7. The summed E-state index contributed by atoms with van der Waals surface area (Å²) >= 11 is 0. The van der Waals surface area contributed by atoms with E-state index in [1.54, 1.807) is 13.0 Å². The Labute approximate surface area is 161 Å². The largest absolute Gasteiger partial charge is 0.508 e. The normalized spacial score (nSPS) is 17.7. The Balaban J connectivity index is 2.00. The molecule has 0 saturated heterocycles.